The van der Waals surface area contributed by atoms with Gasteiger partial charge in [0.15, 0.2) is 0 Å². The molecule has 0 aliphatic rings. The van der Waals surface area contributed by atoms with Crippen LogP contribution >= 0.6 is 0 Å². The molecule has 0 saturated carbocycles. The van der Waals surface area contributed by atoms with Crippen LogP contribution in [0.15, 0.2) is 18.6 Å². The first-order valence-corrected chi connectivity index (χ1v) is 3.16. The molecule has 0 aliphatic carbocycles. The van der Waals surface area contributed by atoms with Crippen LogP contribution in [0.2, 0.25) is 0 Å². The van der Waals surface area contributed by atoms with Crippen LogP contribution in [0.3, 0.4) is 0 Å². The molecule has 2 aromatic rings. The van der Waals surface area contributed by atoms with Crippen molar-refractivity contribution < 1.29 is 5.11 Å². The zero-order chi connectivity index (χ0) is 7.68. The first-order chi connectivity index (χ1) is 5.40. The van der Waals surface area contributed by atoms with E-state index in [1.807, 2.05) is 0 Å². The van der Waals surface area contributed by atoms with Crippen LogP contribution in [0.5, 0.6) is 0 Å². The molecular formula is C6H6N4O. The molecule has 11 heavy (non-hydrogen) atoms. The second-order valence-electron chi connectivity index (χ2n) is 2.08. The highest BCUT2D eigenvalue weighted by Gasteiger charge is 1.96. The third-order valence-corrected chi connectivity index (χ3v) is 1.34. The first-order valence-electron chi connectivity index (χ1n) is 3.16. The number of aliphatic hydroxyl groups is 1. The molecule has 2 heterocycles. The van der Waals surface area contributed by atoms with E-state index < -0.39 is 0 Å². The summed E-state index contributed by atoms with van der Waals surface area (Å²) >= 11 is 0. The monoisotopic (exact) mass is 150 g/mol. The number of nitrogens with zero attached hydrogens (tertiary/aromatic N) is 4. The lowest BCUT2D eigenvalue weighted by Gasteiger charge is -1.93. The Hall–Kier alpha value is -1.49. The highest BCUT2D eigenvalue weighted by Crippen LogP contribution is 1.95. The number of hydrogen-bond donors (Lipinski definition) is 1. The van der Waals surface area contributed by atoms with Gasteiger partial charge < -0.3 is 5.11 Å². The van der Waals surface area contributed by atoms with Crippen molar-refractivity contribution in [3.8, 4) is 0 Å². The molecule has 0 fully saturated rings. The predicted octanol–water partition coefficient (Wildman–Crippen LogP) is -0.383. The second kappa shape index (κ2) is 2.28. The Morgan fingerprint density at radius 3 is 3.27 bits per heavy atom. The van der Waals surface area contributed by atoms with Gasteiger partial charge in [0, 0.05) is 6.20 Å². The van der Waals surface area contributed by atoms with Gasteiger partial charge in [-0.2, -0.15) is 5.10 Å². The fourth-order valence-corrected chi connectivity index (χ4v) is 0.822. The number of fused-ring (bicyclic) bond motifs is 1. The summed E-state index contributed by atoms with van der Waals surface area (Å²) in [6.45, 7) is -0.101. The highest BCUT2D eigenvalue weighted by atomic mass is 16.3. The van der Waals surface area contributed by atoms with Crippen molar-refractivity contribution in [2.75, 3.05) is 0 Å². The molecule has 0 spiro atoms. The van der Waals surface area contributed by atoms with Gasteiger partial charge in [0.2, 0.25) is 0 Å². The zero-order valence-electron chi connectivity index (χ0n) is 5.68. The average Bonchev–Trinajstić information content (AvgIpc) is 2.50. The SMILES string of the molecule is OCc1cnn2ccnc2n1. The Bertz CT molecular complexity index is 369. The topological polar surface area (TPSA) is 63.3 Å². The smallest absolute Gasteiger partial charge is 0.250 e. The van der Waals surface area contributed by atoms with E-state index in [0.29, 0.717) is 11.5 Å². The minimum atomic E-state index is -0.101. The predicted molar refractivity (Wildman–Crippen MR) is 36.7 cm³/mol. The number of rotatable bonds is 1. The maximum absolute atomic E-state index is 8.70. The summed E-state index contributed by atoms with van der Waals surface area (Å²) in [6, 6.07) is 0. The Morgan fingerprint density at radius 2 is 2.45 bits per heavy atom. The van der Waals surface area contributed by atoms with Gasteiger partial charge in [-0.1, -0.05) is 0 Å². The summed E-state index contributed by atoms with van der Waals surface area (Å²) in [5.41, 5.74) is 0.531. The quantitative estimate of drug-likeness (QED) is 0.601. The third kappa shape index (κ3) is 0.947. The molecule has 56 valence electrons. The number of imidazole rings is 1. The molecule has 0 aliphatic heterocycles. The summed E-state index contributed by atoms with van der Waals surface area (Å²) < 4.78 is 1.54. The molecule has 5 heteroatoms. The lowest BCUT2D eigenvalue weighted by Crippen LogP contribution is -1.97. The summed E-state index contributed by atoms with van der Waals surface area (Å²) in [4.78, 5) is 7.90. The Morgan fingerprint density at radius 1 is 1.55 bits per heavy atom. The fraction of sp³-hybridized carbons (Fsp3) is 0.167. The highest BCUT2D eigenvalue weighted by molar-refractivity contribution is 5.25. The van der Waals surface area contributed by atoms with E-state index in [1.165, 1.54) is 6.20 Å². The van der Waals surface area contributed by atoms with E-state index in [1.54, 1.807) is 16.9 Å². The summed E-state index contributed by atoms with van der Waals surface area (Å²) in [5.74, 6) is 0.511. The van der Waals surface area contributed by atoms with Crippen molar-refractivity contribution in [1.29, 1.82) is 0 Å². The average molecular weight is 150 g/mol. The summed E-state index contributed by atoms with van der Waals surface area (Å²) in [5, 5.41) is 12.6. The minimum absolute atomic E-state index is 0.101. The van der Waals surface area contributed by atoms with Gasteiger partial charge in [-0.3, -0.25) is 0 Å². The molecule has 0 radical (unpaired) electrons. The second-order valence-corrected chi connectivity index (χ2v) is 2.08. The van der Waals surface area contributed by atoms with Crippen LogP contribution in [0.1, 0.15) is 5.69 Å². The summed E-state index contributed by atoms with van der Waals surface area (Å²) in [6.07, 6.45) is 4.81. The van der Waals surface area contributed by atoms with Gasteiger partial charge >= 0.3 is 0 Å². The molecule has 0 saturated heterocycles. The maximum atomic E-state index is 8.70. The van der Waals surface area contributed by atoms with Crippen molar-refractivity contribution in [1.82, 2.24) is 19.6 Å². The molecule has 0 aromatic carbocycles. The molecule has 2 rings (SSSR count). The first kappa shape index (κ1) is 6.23. The van der Waals surface area contributed by atoms with Gasteiger partial charge in [0.25, 0.3) is 5.78 Å². The maximum Gasteiger partial charge on any atom is 0.250 e. The van der Waals surface area contributed by atoms with E-state index in [9.17, 15) is 0 Å². The molecule has 0 bridgehead atoms. The molecule has 1 N–H and O–H groups in total. The van der Waals surface area contributed by atoms with Crippen molar-refractivity contribution in [3.63, 3.8) is 0 Å². The van der Waals surface area contributed by atoms with Crippen LogP contribution in [-0.4, -0.2) is 24.7 Å². The van der Waals surface area contributed by atoms with Crippen LogP contribution < -0.4 is 0 Å². The largest absolute Gasteiger partial charge is 0.390 e. The van der Waals surface area contributed by atoms with Crippen molar-refractivity contribution in [2.24, 2.45) is 0 Å². The van der Waals surface area contributed by atoms with E-state index in [-0.39, 0.29) is 6.61 Å². The van der Waals surface area contributed by atoms with E-state index in [2.05, 4.69) is 15.1 Å². The van der Waals surface area contributed by atoms with Crippen LogP contribution in [0.4, 0.5) is 0 Å². The Labute approximate surface area is 62.3 Å². The van der Waals surface area contributed by atoms with Crippen molar-refractivity contribution in [3.05, 3.63) is 24.3 Å². The van der Waals surface area contributed by atoms with Crippen LogP contribution in [-0.2, 0) is 6.61 Å². The normalized spacial score (nSPS) is 10.6. The lowest BCUT2D eigenvalue weighted by molar-refractivity contribution is 0.276. The third-order valence-electron chi connectivity index (χ3n) is 1.34. The van der Waals surface area contributed by atoms with E-state index in [4.69, 9.17) is 5.11 Å². The zero-order valence-corrected chi connectivity index (χ0v) is 5.68. The molecule has 0 unspecified atom stereocenters. The molecular weight excluding hydrogens is 144 g/mol. The summed E-state index contributed by atoms with van der Waals surface area (Å²) in [7, 11) is 0. The number of aliphatic hydroxyl groups excluding tert-OH is 1. The van der Waals surface area contributed by atoms with Gasteiger partial charge in [0.05, 0.1) is 24.7 Å². The number of aromatic nitrogens is 4. The molecule has 5 nitrogen and oxygen atoms in total. The van der Waals surface area contributed by atoms with E-state index >= 15 is 0 Å². The molecule has 2 aromatic heterocycles. The minimum Gasteiger partial charge on any atom is -0.390 e. The van der Waals surface area contributed by atoms with Crippen molar-refractivity contribution in [2.45, 2.75) is 6.61 Å². The fourth-order valence-electron chi connectivity index (χ4n) is 0.822. The van der Waals surface area contributed by atoms with Crippen LogP contribution in [0.25, 0.3) is 5.78 Å². The van der Waals surface area contributed by atoms with Crippen LogP contribution in [0, 0.1) is 0 Å². The number of hydrogen-bond acceptors (Lipinski definition) is 4. The van der Waals surface area contributed by atoms with Gasteiger partial charge in [-0.25, -0.2) is 14.5 Å². The standard InChI is InChI=1S/C6H6N4O/c11-4-5-3-8-10-2-1-7-6(10)9-5/h1-3,11H,4H2. The Kier molecular flexibility index (Phi) is 1.29. The molecule has 0 atom stereocenters. The van der Waals surface area contributed by atoms with Gasteiger partial charge in [0.1, 0.15) is 0 Å². The van der Waals surface area contributed by atoms with Gasteiger partial charge in [-0.15, -0.1) is 0 Å². The van der Waals surface area contributed by atoms with Gasteiger partial charge in [-0.05, 0) is 0 Å². The lowest BCUT2D eigenvalue weighted by atomic mass is 10.5. The molecule has 0 amide bonds. The van der Waals surface area contributed by atoms with Crippen molar-refractivity contribution >= 4 is 5.78 Å². The Balaban J connectivity index is 2.67. The van der Waals surface area contributed by atoms with E-state index in [0.717, 1.165) is 0 Å².